The number of pyridine rings is 2. The van der Waals surface area contributed by atoms with Crippen molar-refractivity contribution in [2.45, 2.75) is 13.8 Å². The quantitative estimate of drug-likeness (QED) is 0.639. The highest BCUT2D eigenvalue weighted by atomic mass is 35.5. The highest BCUT2D eigenvalue weighted by Crippen LogP contribution is 2.23. The molecule has 0 fully saturated rings. The molecule has 1 aromatic carbocycles. The normalized spacial score (nSPS) is 11.0. The number of aromatic nitrogens is 2. The van der Waals surface area contributed by atoms with Gasteiger partial charge in [0.1, 0.15) is 5.15 Å². The molecule has 0 saturated carbocycles. The molecule has 0 unspecified atom stereocenters. The molecule has 21 heavy (non-hydrogen) atoms. The molecule has 2 aromatic heterocycles. The first-order valence-corrected chi connectivity index (χ1v) is 7.07. The lowest BCUT2D eigenvalue weighted by Gasteiger charge is -2.10. The number of aryl methyl sites for hydroxylation is 3. The third-order valence-corrected chi connectivity index (χ3v) is 3.81. The van der Waals surface area contributed by atoms with Gasteiger partial charge in [0.2, 0.25) is 0 Å². The molecule has 0 N–H and O–H groups in total. The number of nitrogens with zero attached hydrogens (tertiary/aromatic N) is 2. The van der Waals surface area contributed by atoms with Crippen LogP contribution in [-0.4, -0.2) is 9.55 Å². The van der Waals surface area contributed by atoms with Gasteiger partial charge in [-0.1, -0.05) is 40.9 Å². The summed E-state index contributed by atoms with van der Waals surface area (Å²) in [6, 6.07) is 9.74. The van der Waals surface area contributed by atoms with E-state index >= 15 is 0 Å². The van der Waals surface area contributed by atoms with Crippen molar-refractivity contribution in [1.29, 1.82) is 0 Å². The minimum absolute atomic E-state index is 0.0326. The highest BCUT2D eigenvalue weighted by Gasteiger charge is 2.10. The number of hydrogen-bond donors (Lipinski definition) is 0. The van der Waals surface area contributed by atoms with Crippen LogP contribution in [0.25, 0.3) is 22.0 Å². The summed E-state index contributed by atoms with van der Waals surface area (Å²) >= 11 is 5.91. The van der Waals surface area contributed by atoms with Crippen LogP contribution in [-0.2, 0) is 7.05 Å². The Labute approximate surface area is 127 Å². The second kappa shape index (κ2) is 5.01. The first-order chi connectivity index (χ1) is 9.95. The summed E-state index contributed by atoms with van der Waals surface area (Å²) in [4.78, 5) is 16.7. The molecule has 4 heteroatoms. The van der Waals surface area contributed by atoms with Crippen LogP contribution in [0.15, 0.2) is 41.3 Å². The van der Waals surface area contributed by atoms with E-state index in [1.54, 1.807) is 23.9 Å². The molecular formula is C17H15ClN2O. The van der Waals surface area contributed by atoms with Gasteiger partial charge in [-0.15, -0.1) is 0 Å². The molecule has 0 amide bonds. The molecule has 0 aliphatic carbocycles. The molecule has 0 aliphatic heterocycles. The first-order valence-electron chi connectivity index (χ1n) is 6.69. The molecule has 2 heterocycles. The average Bonchev–Trinajstić information content (AvgIpc) is 2.42. The SMILES string of the molecule is Cc1cc(C)cc(-c2cc3cnc(Cl)cc3n(C)c2=O)c1. The van der Waals surface area contributed by atoms with Gasteiger partial charge in [0, 0.05) is 24.2 Å². The van der Waals surface area contributed by atoms with Crippen LogP contribution in [0.3, 0.4) is 0 Å². The summed E-state index contributed by atoms with van der Waals surface area (Å²) in [5.74, 6) is 0. The van der Waals surface area contributed by atoms with Crippen molar-refractivity contribution in [3.8, 4) is 11.1 Å². The van der Waals surface area contributed by atoms with E-state index in [4.69, 9.17) is 11.6 Å². The Morgan fingerprint density at radius 3 is 2.38 bits per heavy atom. The maximum absolute atomic E-state index is 12.6. The Hall–Kier alpha value is -2.13. The lowest BCUT2D eigenvalue weighted by Crippen LogP contribution is -2.19. The fourth-order valence-electron chi connectivity index (χ4n) is 2.68. The molecule has 3 nitrogen and oxygen atoms in total. The third-order valence-electron chi connectivity index (χ3n) is 3.61. The molecule has 0 aliphatic rings. The lowest BCUT2D eigenvalue weighted by atomic mass is 10.0. The second-order valence-electron chi connectivity index (χ2n) is 5.36. The number of hydrogen-bond acceptors (Lipinski definition) is 2. The van der Waals surface area contributed by atoms with Crippen molar-refractivity contribution in [3.63, 3.8) is 0 Å². The van der Waals surface area contributed by atoms with Crippen molar-refractivity contribution >= 4 is 22.5 Å². The van der Waals surface area contributed by atoms with Crippen molar-refractivity contribution in [2.75, 3.05) is 0 Å². The van der Waals surface area contributed by atoms with Crippen LogP contribution < -0.4 is 5.56 Å². The highest BCUT2D eigenvalue weighted by molar-refractivity contribution is 6.30. The number of fused-ring (bicyclic) bond motifs is 1. The monoisotopic (exact) mass is 298 g/mol. The molecule has 0 spiro atoms. The lowest BCUT2D eigenvalue weighted by molar-refractivity contribution is 0.907. The van der Waals surface area contributed by atoms with E-state index < -0.39 is 0 Å². The molecule has 106 valence electrons. The average molecular weight is 299 g/mol. The summed E-state index contributed by atoms with van der Waals surface area (Å²) in [6.07, 6.45) is 1.70. The van der Waals surface area contributed by atoms with Gasteiger partial charge in [0.05, 0.1) is 5.52 Å². The molecule has 3 aromatic rings. The topological polar surface area (TPSA) is 34.9 Å². The fourth-order valence-corrected chi connectivity index (χ4v) is 2.83. The smallest absolute Gasteiger partial charge is 0.258 e. The van der Waals surface area contributed by atoms with Crippen molar-refractivity contribution in [3.05, 3.63) is 63.2 Å². The molecule has 3 rings (SSSR count). The van der Waals surface area contributed by atoms with Crippen molar-refractivity contribution in [2.24, 2.45) is 7.05 Å². The summed E-state index contributed by atoms with van der Waals surface area (Å²) in [5.41, 5.74) is 4.65. The molecule has 0 radical (unpaired) electrons. The van der Waals surface area contributed by atoms with Gasteiger partial charge in [0.15, 0.2) is 0 Å². The second-order valence-corrected chi connectivity index (χ2v) is 5.75. The Kier molecular flexibility index (Phi) is 3.30. The minimum atomic E-state index is -0.0326. The van der Waals surface area contributed by atoms with Gasteiger partial charge in [-0.25, -0.2) is 4.98 Å². The van der Waals surface area contributed by atoms with Gasteiger partial charge in [-0.3, -0.25) is 4.79 Å². The third kappa shape index (κ3) is 2.45. The molecule has 0 bridgehead atoms. The molecule has 0 atom stereocenters. The number of benzene rings is 1. The fraction of sp³-hybridized carbons (Fsp3) is 0.176. The summed E-state index contributed by atoms with van der Waals surface area (Å²) in [6.45, 7) is 4.06. The van der Waals surface area contributed by atoms with Crippen molar-refractivity contribution in [1.82, 2.24) is 9.55 Å². The zero-order chi connectivity index (χ0) is 15.1. The summed E-state index contributed by atoms with van der Waals surface area (Å²) in [5, 5.41) is 1.28. The van der Waals surface area contributed by atoms with Gasteiger partial charge < -0.3 is 4.57 Å². The first kappa shape index (κ1) is 13.8. The largest absolute Gasteiger partial charge is 0.311 e. The van der Waals surface area contributed by atoms with E-state index in [-0.39, 0.29) is 5.56 Å². The zero-order valence-corrected chi connectivity index (χ0v) is 12.9. The Balaban J connectivity index is 2.36. The molecule has 0 saturated heterocycles. The van der Waals surface area contributed by atoms with E-state index in [9.17, 15) is 4.79 Å². The number of rotatable bonds is 1. The number of halogens is 1. The van der Waals surface area contributed by atoms with Crippen LogP contribution in [0, 0.1) is 13.8 Å². The summed E-state index contributed by atoms with van der Waals surface area (Å²) in [7, 11) is 1.76. The Morgan fingerprint density at radius 2 is 1.71 bits per heavy atom. The van der Waals surface area contributed by atoms with E-state index in [0.29, 0.717) is 10.7 Å². The summed E-state index contributed by atoms with van der Waals surface area (Å²) < 4.78 is 1.62. The van der Waals surface area contributed by atoms with E-state index in [0.717, 1.165) is 27.6 Å². The van der Waals surface area contributed by atoms with Gasteiger partial charge in [-0.05, 0) is 31.5 Å². The van der Waals surface area contributed by atoms with Gasteiger partial charge in [-0.2, -0.15) is 0 Å². The van der Waals surface area contributed by atoms with Crippen molar-refractivity contribution < 1.29 is 0 Å². The standard InChI is InChI=1S/C17H15ClN2O/c1-10-4-11(2)6-12(5-10)14-7-13-9-19-16(18)8-15(13)20(3)17(14)21/h4-9H,1-3H3. The predicted octanol–water partition coefficient (Wildman–Crippen LogP) is 3.87. The van der Waals surface area contributed by atoms with Crippen LogP contribution >= 0.6 is 11.6 Å². The maximum Gasteiger partial charge on any atom is 0.258 e. The van der Waals surface area contributed by atoms with Crippen LogP contribution in [0.1, 0.15) is 11.1 Å². The minimum Gasteiger partial charge on any atom is -0.311 e. The van der Waals surface area contributed by atoms with Crippen LogP contribution in [0.5, 0.6) is 0 Å². The maximum atomic E-state index is 12.6. The zero-order valence-electron chi connectivity index (χ0n) is 12.1. The Bertz CT molecular complexity index is 892. The van der Waals surface area contributed by atoms with Crippen LogP contribution in [0.2, 0.25) is 5.15 Å². The van der Waals surface area contributed by atoms with Crippen LogP contribution in [0.4, 0.5) is 0 Å². The van der Waals surface area contributed by atoms with Gasteiger partial charge in [0.25, 0.3) is 5.56 Å². The van der Waals surface area contributed by atoms with E-state index in [1.807, 2.05) is 32.0 Å². The van der Waals surface area contributed by atoms with E-state index in [2.05, 4.69) is 11.1 Å². The van der Waals surface area contributed by atoms with Gasteiger partial charge >= 0.3 is 0 Å². The van der Waals surface area contributed by atoms with E-state index in [1.165, 1.54) is 0 Å². The predicted molar refractivity (Wildman–Crippen MR) is 86.9 cm³/mol. The Morgan fingerprint density at radius 1 is 1.05 bits per heavy atom. The molecular weight excluding hydrogens is 284 g/mol.